The Bertz CT molecular complexity index is 651. The van der Waals surface area contributed by atoms with Crippen molar-refractivity contribution in [3.8, 4) is 0 Å². The van der Waals surface area contributed by atoms with Crippen LogP contribution in [-0.4, -0.2) is 32.4 Å². The monoisotopic (exact) mass is 315 g/mol. The van der Waals surface area contributed by atoms with Crippen molar-refractivity contribution >= 4 is 22.0 Å². The van der Waals surface area contributed by atoms with Crippen molar-refractivity contribution in [2.45, 2.75) is 32.3 Å². The SMILES string of the molecule is CC(C)(C)OC(=O)N1CC(CS(=O)(=O)F)c2ccccc21. The van der Waals surface area contributed by atoms with E-state index in [0.717, 1.165) is 0 Å². The van der Waals surface area contributed by atoms with Gasteiger partial charge in [0.2, 0.25) is 0 Å². The Balaban J connectivity index is 2.29. The van der Waals surface area contributed by atoms with E-state index in [1.54, 1.807) is 45.0 Å². The van der Waals surface area contributed by atoms with Crippen molar-refractivity contribution < 1.29 is 21.8 Å². The van der Waals surface area contributed by atoms with Crippen LogP contribution >= 0.6 is 0 Å². The van der Waals surface area contributed by atoms with Crippen LogP contribution in [0.15, 0.2) is 24.3 Å². The van der Waals surface area contributed by atoms with Crippen LogP contribution < -0.4 is 4.90 Å². The molecular weight excluding hydrogens is 297 g/mol. The van der Waals surface area contributed by atoms with Gasteiger partial charge in [0.1, 0.15) is 5.60 Å². The predicted molar refractivity (Wildman–Crippen MR) is 77.7 cm³/mol. The van der Waals surface area contributed by atoms with Gasteiger partial charge in [-0.05, 0) is 32.4 Å². The van der Waals surface area contributed by atoms with Gasteiger partial charge < -0.3 is 4.74 Å². The maximum Gasteiger partial charge on any atom is 0.414 e. The maximum absolute atomic E-state index is 13.0. The third kappa shape index (κ3) is 3.93. The average Bonchev–Trinajstić information content (AvgIpc) is 2.64. The molecule has 0 spiro atoms. The molecule has 0 fully saturated rings. The smallest absolute Gasteiger partial charge is 0.414 e. The van der Waals surface area contributed by atoms with E-state index >= 15 is 0 Å². The number of hydrogen-bond acceptors (Lipinski definition) is 4. The van der Waals surface area contributed by atoms with Crippen molar-refractivity contribution in [1.29, 1.82) is 0 Å². The normalized spacial score (nSPS) is 18.5. The van der Waals surface area contributed by atoms with Gasteiger partial charge in [-0.25, -0.2) is 4.79 Å². The summed E-state index contributed by atoms with van der Waals surface area (Å²) >= 11 is 0. The second kappa shape index (κ2) is 5.29. The molecule has 1 aromatic carbocycles. The van der Waals surface area contributed by atoms with E-state index in [-0.39, 0.29) is 6.54 Å². The van der Waals surface area contributed by atoms with Gasteiger partial charge in [0, 0.05) is 12.5 Å². The van der Waals surface area contributed by atoms with E-state index in [4.69, 9.17) is 4.74 Å². The fourth-order valence-electron chi connectivity index (χ4n) is 2.37. The first-order valence-corrected chi connectivity index (χ1v) is 8.14. The topological polar surface area (TPSA) is 63.7 Å². The first kappa shape index (κ1) is 15.8. The van der Waals surface area contributed by atoms with E-state index in [1.807, 2.05) is 0 Å². The Morgan fingerprint density at radius 1 is 1.38 bits per heavy atom. The van der Waals surface area contributed by atoms with E-state index < -0.39 is 33.6 Å². The number of rotatable bonds is 2. The minimum absolute atomic E-state index is 0.0947. The molecule has 7 heteroatoms. The Labute approximate surface area is 123 Å². The van der Waals surface area contributed by atoms with Crippen molar-refractivity contribution in [2.24, 2.45) is 0 Å². The van der Waals surface area contributed by atoms with Gasteiger partial charge in [0.25, 0.3) is 0 Å². The molecule has 0 saturated heterocycles. The first-order valence-electron chi connectivity index (χ1n) is 6.58. The molecule has 0 saturated carbocycles. The van der Waals surface area contributed by atoms with Gasteiger partial charge in [0.05, 0.1) is 11.4 Å². The van der Waals surface area contributed by atoms with Crippen LogP contribution in [-0.2, 0) is 15.0 Å². The molecule has 1 aromatic rings. The lowest BCUT2D eigenvalue weighted by Crippen LogP contribution is -2.36. The number of para-hydroxylation sites is 1. The molecule has 1 amide bonds. The molecule has 0 aliphatic carbocycles. The lowest BCUT2D eigenvalue weighted by molar-refractivity contribution is 0.0582. The zero-order chi connectivity index (χ0) is 15.8. The standard InChI is InChI=1S/C14H18FNO4S/c1-14(2,3)20-13(17)16-8-10(9-21(15,18)19)11-6-4-5-7-12(11)16/h4-7,10H,8-9H2,1-3H3. The lowest BCUT2D eigenvalue weighted by Gasteiger charge is -2.25. The summed E-state index contributed by atoms with van der Waals surface area (Å²) in [4.78, 5) is 13.6. The van der Waals surface area contributed by atoms with Crippen LogP contribution in [0.4, 0.5) is 14.4 Å². The molecule has 116 valence electrons. The highest BCUT2D eigenvalue weighted by atomic mass is 32.3. The molecule has 0 radical (unpaired) electrons. The molecule has 0 bridgehead atoms. The van der Waals surface area contributed by atoms with Gasteiger partial charge >= 0.3 is 16.3 Å². The minimum Gasteiger partial charge on any atom is -0.443 e. The zero-order valence-corrected chi connectivity index (χ0v) is 13.0. The molecule has 1 atom stereocenters. The maximum atomic E-state index is 13.0. The average molecular weight is 315 g/mol. The first-order chi connectivity index (χ1) is 9.57. The molecule has 1 unspecified atom stereocenters. The third-order valence-corrected chi connectivity index (χ3v) is 3.89. The Morgan fingerprint density at radius 2 is 2.00 bits per heavy atom. The van der Waals surface area contributed by atoms with Crippen LogP contribution in [0, 0.1) is 0 Å². The Kier molecular flexibility index (Phi) is 3.97. The number of anilines is 1. The van der Waals surface area contributed by atoms with E-state index in [0.29, 0.717) is 11.3 Å². The summed E-state index contributed by atoms with van der Waals surface area (Å²) in [7, 11) is -4.61. The number of carbonyl (C=O) groups is 1. The molecular formula is C14H18FNO4S. The highest BCUT2D eigenvalue weighted by molar-refractivity contribution is 7.86. The van der Waals surface area contributed by atoms with Crippen LogP contribution in [0.2, 0.25) is 0 Å². The van der Waals surface area contributed by atoms with Gasteiger partial charge in [-0.1, -0.05) is 18.2 Å². The highest BCUT2D eigenvalue weighted by Crippen LogP contribution is 2.37. The number of benzene rings is 1. The third-order valence-electron chi connectivity index (χ3n) is 3.08. The van der Waals surface area contributed by atoms with E-state index in [9.17, 15) is 17.1 Å². The summed E-state index contributed by atoms with van der Waals surface area (Å²) in [6.45, 7) is 5.33. The molecule has 0 aromatic heterocycles. The van der Waals surface area contributed by atoms with Gasteiger partial charge in [-0.15, -0.1) is 3.89 Å². The second-order valence-corrected chi connectivity index (χ2v) is 7.46. The summed E-state index contributed by atoms with van der Waals surface area (Å²) < 4.78 is 40.1. The van der Waals surface area contributed by atoms with Gasteiger partial charge in [-0.3, -0.25) is 4.90 Å². The Hall–Kier alpha value is -1.63. The number of fused-ring (bicyclic) bond motifs is 1. The summed E-state index contributed by atoms with van der Waals surface area (Å²) in [5, 5.41) is 0. The molecule has 0 N–H and O–H groups in total. The minimum atomic E-state index is -4.61. The number of hydrogen-bond donors (Lipinski definition) is 0. The van der Waals surface area contributed by atoms with Crippen molar-refractivity contribution in [2.75, 3.05) is 17.2 Å². The number of ether oxygens (including phenoxy) is 1. The summed E-state index contributed by atoms with van der Waals surface area (Å²) in [6.07, 6.45) is -0.561. The fraction of sp³-hybridized carbons (Fsp3) is 0.500. The van der Waals surface area contributed by atoms with Crippen LogP contribution in [0.25, 0.3) is 0 Å². The second-order valence-electron chi connectivity index (χ2n) is 6.05. The van der Waals surface area contributed by atoms with Crippen LogP contribution in [0.1, 0.15) is 32.3 Å². The summed E-state index contributed by atoms with van der Waals surface area (Å²) in [6, 6.07) is 6.87. The van der Waals surface area contributed by atoms with Crippen LogP contribution in [0.5, 0.6) is 0 Å². The number of amides is 1. The lowest BCUT2D eigenvalue weighted by atomic mass is 10.0. The molecule has 5 nitrogen and oxygen atoms in total. The van der Waals surface area contributed by atoms with Crippen molar-refractivity contribution in [3.63, 3.8) is 0 Å². The van der Waals surface area contributed by atoms with Gasteiger partial charge in [-0.2, -0.15) is 8.42 Å². The van der Waals surface area contributed by atoms with Crippen molar-refractivity contribution in [1.82, 2.24) is 0 Å². The predicted octanol–water partition coefficient (Wildman–Crippen LogP) is 2.82. The largest absolute Gasteiger partial charge is 0.443 e. The van der Waals surface area contributed by atoms with Crippen molar-refractivity contribution in [3.05, 3.63) is 29.8 Å². The fourth-order valence-corrected chi connectivity index (χ4v) is 3.13. The number of nitrogens with zero attached hydrogens (tertiary/aromatic N) is 1. The summed E-state index contributed by atoms with van der Waals surface area (Å²) in [5.74, 6) is -1.22. The number of carbonyl (C=O) groups excluding carboxylic acids is 1. The van der Waals surface area contributed by atoms with E-state index in [2.05, 4.69) is 0 Å². The number of halogens is 1. The molecule has 1 heterocycles. The van der Waals surface area contributed by atoms with Gasteiger partial charge in [0.15, 0.2) is 0 Å². The molecule has 2 rings (SSSR count). The quantitative estimate of drug-likeness (QED) is 0.787. The Morgan fingerprint density at radius 3 is 2.57 bits per heavy atom. The van der Waals surface area contributed by atoms with E-state index in [1.165, 1.54) is 4.90 Å². The molecule has 1 aliphatic heterocycles. The zero-order valence-electron chi connectivity index (χ0n) is 12.2. The van der Waals surface area contributed by atoms with Crippen LogP contribution in [0.3, 0.4) is 0 Å². The summed E-state index contributed by atoms with van der Waals surface area (Å²) in [5.41, 5.74) is 0.556. The molecule has 21 heavy (non-hydrogen) atoms. The highest BCUT2D eigenvalue weighted by Gasteiger charge is 2.36. The molecule has 1 aliphatic rings.